The average molecular weight is 261 g/mol. The van der Waals surface area contributed by atoms with Crippen LogP contribution in [0.1, 0.15) is 10.4 Å². The predicted octanol–water partition coefficient (Wildman–Crippen LogP) is 3.79. The van der Waals surface area contributed by atoms with Gasteiger partial charge in [-0.1, -0.05) is 48.6 Å². The second kappa shape index (κ2) is 5.29. The summed E-state index contributed by atoms with van der Waals surface area (Å²) in [6.45, 7) is 0. The molecular weight excluding hydrogens is 250 g/mol. The summed E-state index contributed by atoms with van der Waals surface area (Å²) in [5.74, 6) is 0.994. The lowest BCUT2D eigenvalue weighted by Gasteiger charge is -2.06. The van der Waals surface area contributed by atoms with Crippen LogP contribution in [0.4, 0.5) is 4.39 Å². The number of halogens is 1. The molecule has 0 spiro atoms. The third-order valence-corrected chi connectivity index (χ3v) is 3.25. The predicted molar refractivity (Wildman–Crippen MR) is 79.1 cm³/mol. The maximum atomic E-state index is 14.2. The van der Waals surface area contributed by atoms with E-state index >= 15 is 0 Å². The molecule has 2 aromatic rings. The second-order valence-corrected chi connectivity index (χ2v) is 4.56. The van der Waals surface area contributed by atoms with Gasteiger partial charge in [0.2, 0.25) is 0 Å². The van der Waals surface area contributed by atoms with Gasteiger partial charge in [-0.15, -0.1) is 5.98 Å². The largest absolute Gasteiger partial charge is 0.290 e. The average Bonchev–Trinajstić information content (AvgIpc) is 3.01. The number of rotatable bonds is 3. The lowest BCUT2D eigenvalue weighted by atomic mass is 9.70. The highest BCUT2D eigenvalue weighted by Gasteiger charge is 2.17. The van der Waals surface area contributed by atoms with Crippen LogP contribution >= 0.6 is 0 Å². The van der Waals surface area contributed by atoms with Gasteiger partial charge in [0.15, 0.2) is 13.1 Å². The second-order valence-electron chi connectivity index (χ2n) is 4.56. The molecular formula is C17H11BFO. The Morgan fingerprint density at radius 3 is 2.45 bits per heavy atom. The highest BCUT2D eigenvalue weighted by molar-refractivity contribution is 6.61. The van der Waals surface area contributed by atoms with Crippen LogP contribution in [-0.2, 0) is 0 Å². The molecule has 0 amide bonds. The summed E-state index contributed by atoms with van der Waals surface area (Å²) in [4.78, 5) is 12.1. The van der Waals surface area contributed by atoms with Crippen LogP contribution in [0.15, 0.2) is 72.1 Å². The lowest BCUT2D eigenvalue weighted by Crippen LogP contribution is -2.08. The molecule has 0 aromatic heterocycles. The van der Waals surface area contributed by atoms with Crippen molar-refractivity contribution in [1.29, 1.82) is 0 Å². The third-order valence-electron chi connectivity index (χ3n) is 3.25. The Balaban J connectivity index is 1.94. The first-order chi connectivity index (χ1) is 9.75. The van der Waals surface area contributed by atoms with E-state index in [1.165, 1.54) is 6.07 Å². The highest BCUT2D eigenvalue weighted by Crippen LogP contribution is 2.23. The SMILES string of the molecule is O=C(C1=CC=C[B]1)c1ccc(-c2ccccc2)cc1F. The van der Waals surface area contributed by atoms with Gasteiger partial charge in [0, 0.05) is 0 Å². The summed E-state index contributed by atoms with van der Waals surface area (Å²) >= 11 is 0. The minimum absolute atomic E-state index is 0.107. The standard InChI is InChI=1S/C17H11BFO/c19-16-11-13(12-5-2-1-3-6-12)8-9-14(16)17(20)15-7-4-10-18-15/h1-11H. The first kappa shape index (κ1) is 12.6. The Morgan fingerprint density at radius 2 is 1.80 bits per heavy atom. The first-order valence-electron chi connectivity index (χ1n) is 6.37. The highest BCUT2D eigenvalue weighted by atomic mass is 19.1. The van der Waals surface area contributed by atoms with Gasteiger partial charge < -0.3 is 0 Å². The van der Waals surface area contributed by atoms with Gasteiger partial charge in [-0.25, -0.2) is 4.39 Å². The van der Waals surface area contributed by atoms with Crippen molar-refractivity contribution in [3.05, 3.63) is 83.5 Å². The maximum Gasteiger partial charge on any atom is 0.186 e. The van der Waals surface area contributed by atoms with Crippen molar-refractivity contribution < 1.29 is 9.18 Å². The van der Waals surface area contributed by atoms with Gasteiger partial charge >= 0.3 is 0 Å². The van der Waals surface area contributed by atoms with Crippen LogP contribution < -0.4 is 0 Å². The quantitative estimate of drug-likeness (QED) is 0.606. The molecule has 0 N–H and O–H groups in total. The molecule has 1 nitrogen and oxygen atoms in total. The summed E-state index contributed by atoms with van der Waals surface area (Å²) in [5.41, 5.74) is 2.31. The van der Waals surface area contributed by atoms with Gasteiger partial charge in [0.1, 0.15) is 5.82 Å². The van der Waals surface area contributed by atoms with Crippen LogP contribution in [0.5, 0.6) is 0 Å². The summed E-state index contributed by atoms with van der Waals surface area (Å²) in [7, 11) is 1.69. The Morgan fingerprint density at radius 1 is 1.00 bits per heavy atom. The fourth-order valence-corrected chi connectivity index (χ4v) is 2.19. The fraction of sp³-hybridized carbons (Fsp3) is 0. The molecule has 95 valence electrons. The van der Waals surface area contributed by atoms with Crippen LogP contribution in [0, 0.1) is 5.82 Å². The molecule has 0 bridgehead atoms. The molecule has 1 aliphatic heterocycles. The molecule has 0 atom stereocenters. The Kier molecular flexibility index (Phi) is 3.34. The molecule has 0 saturated carbocycles. The van der Waals surface area contributed by atoms with Crippen molar-refractivity contribution in [2.45, 2.75) is 0 Å². The minimum atomic E-state index is -0.488. The van der Waals surface area contributed by atoms with E-state index in [4.69, 9.17) is 0 Å². The molecule has 0 fully saturated rings. The third kappa shape index (κ3) is 2.35. The van der Waals surface area contributed by atoms with E-state index in [0.717, 1.165) is 11.1 Å². The number of carbonyl (C=O) groups excluding carboxylic acids is 1. The summed E-state index contributed by atoms with van der Waals surface area (Å²) in [6.07, 6.45) is 3.45. The summed E-state index contributed by atoms with van der Waals surface area (Å²) < 4.78 is 14.2. The number of hydrogen-bond donors (Lipinski definition) is 0. The first-order valence-corrected chi connectivity index (χ1v) is 6.37. The molecule has 2 aromatic carbocycles. The van der Waals surface area contributed by atoms with Crippen molar-refractivity contribution in [3.8, 4) is 11.1 Å². The van der Waals surface area contributed by atoms with Crippen LogP contribution in [0.3, 0.4) is 0 Å². The van der Waals surface area contributed by atoms with E-state index < -0.39 is 5.82 Å². The van der Waals surface area contributed by atoms with Crippen LogP contribution in [-0.4, -0.2) is 13.1 Å². The Labute approximate surface area is 117 Å². The number of Topliss-reactive ketones (excluding diaryl/α,β-unsaturated/α-hetero) is 1. The number of benzene rings is 2. The Bertz CT molecular complexity index is 717. The molecule has 0 unspecified atom stereocenters. The van der Waals surface area contributed by atoms with E-state index in [0.29, 0.717) is 5.47 Å². The van der Waals surface area contributed by atoms with E-state index in [9.17, 15) is 9.18 Å². The number of allylic oxidation sites excluding steroid dienone is 3. The van der Waals surface area contributed by atoms with Gasteiger partial charge in [-0.2, -0.15) is 0 Å². The normalized spacial score (nSPS) is 12.9. The summed E-state index contributed by atoms with van der Waals surface area (Å²) in [5, 5.41) is 0. The zero-order chi connectivity index (χ0) is 13.9. The molecule has 0 aliphatic carbocycles. The van der Waals surface area contributed by atoms with Crippen LogP contribution in [0.25, 0.3) is 11.1 Å². The van der Waals surface area contributed by atoms with Crippen molar-refractivity contribution in [2.24, 2.45) is 0 Å². The molecule has 1 radical (unpaired) electrons. The monoisotopic (exact) mass is 261 g/mol. The number of hydrogen-bond acceptors (Lipinski definition) is 1. The molecule has 3 heteroatoms. The number of carbonyl (C=O) groups is 1. The van der Waals surface area contributed by atoms with Crippen molar-refractivity contribution >= 4 is 13.1 Å². The van der Waals surface area contributed by atoms with Crippen molar-refractivity contribution in [1.82, 2.24) is 0 Å². The molecule has 20 heavy (non-hydrogen) atoms. The van der Waals surface area contributed by atoms with Gasteiger partial charge in [-0.05, 0) is 28.7 Å². The number of ketones is 1. The minimum Gasteiger partial charge on any atom is -0.290 e. The van der Waals surface area contributed by atoms with Gasteiger partial charge in [0.25, 0.3) is 0 Å². The fourth-order valence-electron chi connectivity index (χ4n) is 2.19. The van der Waals surface area contributed by atoms with Gasteiger partial charge in [-0.3, -0.25) is 4.79 Å². The van der Waals surface area contributed by atoms with E-state index in [1.807, 2.05) is 30.3 Å². The smallest absolute Gasteiger partial charge is 0.186 e. The molecule has 1 heterocycles. The van der Waals surface area contributed by atoms with E-state index in [-0.39, 0.29) is 11.3 Å². The Hall–Kier alpha value is -2.42. The zero-order valence-corrected chi connectivity index (χ0v) is 10.7. The summed E-state index contributed by atoms with van der Waals surface area (Å²) in [6, 6.07) is 14.3. The van der Waals surface area contributed by atoms with Crippen molar-refractivity contribution in [2.75, 3.05) is 0 Å². The van der Waals surface area contributed by atoms with E-state index in [1.54, 1.807) is 37.5 Å². The zero-order valence-electron chi connectivity index (χ0n) is 10.7. The van der Waals surface area contributed by atoms with Gasteiger partial charge in [0.05, 0.1) is 5.56 Å². The topological polar surface area (TPSA) is 17.1 Å². The van der Waals surface area contributed by atoms with E-state index in [2.05, 4.69) is 0 Å². The van der Waals surface area contributed by atoms with Crippen LogP contribution in [0.2, 0.25) is 0 Å². The molecule has 1 aliphatic rings. The maximum absolute atomic E-state index is 14.2. The molecule has 3 rings (SSSR count). The molecule has 0 saturated heterocycles. The van der Waals surface area contributed by atoms with Crippen molar-refractivity contribution in [3.63, 3.8) is 0 Å². The lowest BCUT2D eigenvalue weighted by molar-refractivity contribution is 0.103.